The quantitative estimate of drug-likeness (QED) is 0.313. The molecule has 0 N–H and O–H groups in total. The van der Waals surface area contributed by atoms with E-state index in [0.29, 0.717) is 0 Å². The molecule has 0 aliphatic heterocycles. The van der Waals surface area contributed by atoms with Crippen molar-refractivity contribution in [3.8, 4) is 22.3 Å². The van der Waals surface area contributed by atoms with Crippen LogP contribution in [0, 0.1) is 0 Å². The predicted molar refractivity (Wildman–Crippen MR) is 136 cm³/mol. The molecule has 4 aromatic carbocycles. The maximum absolute atomic E-state index is 13.4. The Labute approximate surface area is 184 Å². The molecule has 2 heteroatoms. The van der Waals surface area contributed by atoms with Gasteiger partial charge in [-0.1, -0.05) is 103 Å². The molecule has 0 fully saturated rings. The lowest BCUT2D eigenvalue weighted by Crippen LogP contribution is -2.17. The van der Waals surface area contributed by atoms with E-state index < -0.39 is 7.14 Å². The van der Waals surface area contributed by atoms with E-state index >= 15 is 0 Å². The number of benzene rings is 4. The van der Waals surface area contributed by atoms with Crippen LogP contribution in [0.1, 0.15) is 11.1 Å². The van der Waals surface area contributed by atoms with Gasteiger partial charge in [0.05, 0.1) is 0 Å². The van der Waals surface area contributed by atoms with Crippen LogP contribution in [-0.4, -0.2) is 13.3 Å². The molecule has 0 saturated carbocycles. The summed E-state index contributed by atoms with van der Waals surface area (Å²) in [4.78, 5) is 0. The average Bonchev–Trinajstić information content (AvgIpc) is 2.77. The Hall–Kier alpha value is -3.15. The van der Waals surface area contributed by atoms with Crippen LogP contribution in [0.15, 0.2) is 97.1 Å². The van der Waals surface area contributed by atoms with Gasteiger partial charge in [-0.15, -0.1) is 0 Å². The third-order valence-electron chi connectivity index (χ3n) is 6.04. The van der Waals surface area contributed by atoms with Gasteiger partial charge < -0.3 is 4.57 Å². The summed E-state index contributed by atoms with van der Waals surface area (Å²) in [5.74, 6) is 0. The number of allylic oxidation sites excluding steroid dienone is 2. The van der Waals surface area contributed by atoms with Crippen LogP contribution in [0.25, 0.3) is 39.1 Å². The Balaban J connectivity index is 1.80. The lowest BCUT2D eigenvalue weighted by Gasteiger charge is -2.26. The van der Waals surface area contributed by atoms with Gasteiger partial charge in [-0.3, -0.25) is 0 Å². The highest BCUT2D eigenvalue weighted by molar-refractivity contribution is 7.70. The zero-order chi connectivity index (χ0) is 21.6. The van der Waals surface area contributed by atoms with Crippen LogP contribution in [0.2, 0.25) is 0 Å². The lowest BCUT2D eigenvalue weighted by atomic mass is 9.84. The molecule has 0 saturated heterocycles. The van der Waals surface area contributed by atoms with Gasteiger partial charge in [0.1, 0.15) is 7.14 Å². The molecule has 0 bridgehead atoms. The highest BCUT2D eigenvalue weighted by Crippen LogP contribution is 2.46. The van der Waals surface area contributed by atoms with E-state index in [1.807, 2.05) is 25.5 Å². The summed E-state index contributed by atoms with van der Waals surface area (Å²) < 4.78 is 13.4. The van der Waals surface area contributed by atoms with Gasteiger partial charge in [0.2, 0.25) is 0 Å². The molecule has 1 aliphatic rings. The molecular formula is C29H25OP. The van der Waals surface area contributed by atoms with E-state index in [9.17, 15) is 4.57 Å². The Bertz CT molecular complexity index is 1390. The Morgan fingerprint density at radius 2 is 1.29 bits per heavy atom. The van der Waals surface area contributed by atoms with Crippen molar-refractivity contribution in [2.45, 2.75) is 6.42 Å². The molecular weight excluding hydrogens is 395 g/mol. The van der Waals surface area contributed by atoms with Crippen molar-refractivity contribution in [2.24, 2.45) is 0 Å². The first kappa shape index (κ1) is 19.8. The fourth-order valence-electron chi connectivity index (χ4n) is 4.73. The predicted octanol–water partition coefficient (Wildman–Crippen LogP) is 7.55. The van der Waals surface area contributed by atoms with Crippen molar-refractivity contribution >= 4 is 29.3 Å². The lowest BCUT2D eigenvalue weighted by molar-refractivity contribution is 0.588. The number of fused-ring (bicyclic) bond motifs is 2. The van der Waals surface area contributed by atoms with E-state index in [2.05, 4.69) is 85.5 Å². The van der Waals surface area contributed by atoms with Crippen molar-refractivity contribution in [3.63, 3.8) is 0 Å². The van der Waals surface area contributed by atoms with Crippen LogP contribution < -0.4 is 5.30 Å². The van der Waals surface area contributed by atoms with E-state index in [1.54, 1.807) is 0 Å². The van der Waals surface area contributed by atoms with Gasteiger partial charge in [-0.25, -0.2) is 0 Å². The summed E-state index contributed by atoms with van der Waals surface area (Å²) in [6.07, 6.45) is 5.00. The minimum atomic E-state index is -2.48. The van der Waals surface area contributed by atoms with Crippen molar-refractivity contribution in [2.75, 3.05) is 13.3 Å². The molecule has 1 aliphatic carbocycles. The van der Waals surface area contributed by atoms with Gasteiger partial charge in [0.15, 0.2) is 0 Å². The smallest absolute Gasteiger partial charge is 0.110 e. The molecule has 1 nitrogen and oxygen atoms in total. The molecule has 0 unspecified atom stereocenters. The Kier molecular flexibility index (Phi) is 4.80. The number of hydrogen-bond acceptors (Lipinski definition) is 1. The monoisotopic (exact) mass is 420 g/mol. The second-order valence-electron chi connectivity index (χ2n) is 8.62. The van der Waals surface area contributed by atoms with Crippen molar-refractivity contribution < 1.29 is 4.57 Å². The van der Waals surface area contributed by atoms with Crippen LogP contribution in [0.4, 0.5) is 0 Å². The standard InChI is InChI=1S/C29H25OP/c1-20-13-18-25-27(19-20)29(31(2,3)30)26-12-8-7-11-24(26)28(25)23-16-14-22(15-17-23)21-9-5-4-6-10-21/h4-18H,1,19H2,2-3H3. The molecule has 0 spiro atoms. The van der Waals surface area contributed by atoms with Crippen LogP contribution >= 0.6 is 7.14 Å². The van der Waals surface area contributed by atoms with E-state index in [0.717, 1.165) is 28.1 Å². The van der Waals surface area contributed by atoms with Gasteiger partial charge in [-0.05, 0) is 63.9 Å². The second kappa shape index (κ2) is 7.52. The minimum Gasteiger partial charge on any atom is -0.319 e. The van der Waals surface area contributed by atoms with Crippen LogP contribution in [0.5, 0.6) is 0 Å². The Morgan fingerprint density at radius 1 is 0.710 bits per heavy atom. The largest absolute Gasteiger partial charge is 0.319 e. The second-order valence-corrected chi connectivity index (χ2v) is 11.8. The maximum Gasteiger partial charge on any atom is 0.110 e. The number of hydrogen-bond donors (Lipinski definition) is 0. The van der Waals surface area contributed by atoms with Gasteiger partial charge >= 0.3 is 0 Å². The molecule has 152 valence electrons. The van der Waals surface area contributed by atoms with Gasteiger partial charge in [0, 0.05) is 5.30 Å². The first-order chi connectivity index (χ1) is 14.9. The first-order valence-electron chi connectivity index (χ1n) is 10.6. The van der Waals surface area contributed by atoms with Crippen LogP contribution in [-0.2, 0) is 11.0 Å². The summed E-state index contributed by atoms with van der Waals surface area (Å²) >= 11 is 0. The Morgan fingerprint density at radius 3 is 1.97 bits per heavy atom. The van der Waals surface area contributed by atoms with Gasteiger partial charge in [-0.2, -0.15) is 0 Å². The van der Waals surface area contributed by atoms with E-state index in [4.69, 9.17) is 0 Å². The van der Waals surface area contributed by atoms with E-state index in [-0.39, 0.29) is 0 Å². The summed E-state index contributed by atoms with van der Waals surface area (Å²) in [6, 6.07) is 27.6. The molecule has 5 rings (SSSR count). The highest BCUT2D eigenvalue weighted by atomic mass is 31.2. The molecule has 31 heavy (non-hydrogen) atoms. The van der Waals surface area contributed by atoms with Crippen LogP contribution in [0.3, 0.4) is 0 Å². The summed E-state index contributed by atoms with van der Waals surface area (Å²) in [7, 11) is -2.48. The molecule has 0 atom stereocenters. The van der Waals surface area contributed by atoms with E-state index in [1.165, 1.54) is 33.4 Å². The molecule has 0 heterocycles. The molecule has 0 aromatic heterocycles. The zero-order valence-electron chi connectivity index (χ0n) is 17.9. The topological polar surface area (TPSA) is 17.1 Å². The summed E-state index contributed by atoms with van der Waals surface area (Å²) in [5.41, 5.74) is 8.21. The molecule has 4 aromatic rings. The van der Waals surface area contributed by atoms with Gasteiger partial charge in [0.25, 0.3) is 0 Å². The van der Waals surface area contributed by atoms with Crippen molar-refractivity contribution in [1.29, 1.82) is 0 Å². The van der Waals surface area contributed by atoms with Crippen molar-refractivity contribution in [3.05, 3.63) is 108 Å². The fourth-order valence-corrected chi connectivity index (χ4v) is 6.35. The third kappa shape index (κ3) is 3.50. The number of rotatable bonds is 3. The minimum absolute atomic E-state index is 0.743. The maximum atomic E-state index is 13.4. The highest BCUT2D eigenvalue weighted by Gasteiger charge is 2.26. The zero-order valence-corrected chi connectivity index (χ0v) is 18.8. The first-order valence-corrected chi connectivity index (χ1v) is 13.2. The molecule has 0 amide bonds. The summed E-state index contributed by atoms with van der Waals surface area (Å²) in [6.45, 7) is 7.95. The fraction of sp³-hybridized carbons (Fsp3) is 0.103. The van der Waals surface area contributed by atoms with Crippen molar-refractivity contribution in [1.82, 2.24) is 0 Å². The third-order valence-corrected chi connectivity index (χ3v) is 7.63. The molecule has 0 radical (unpaired) electrons. The normalized spacial score (nSPS) is 13.4. The average molecular weight is 420 g/mol. The summed E-state index contributed by atoms with van der Waals surface area (Å²) in [5, 5.41) is 3.26. The SMILES string of the molecule is C=C1C=Cc2c(c(P(C)(C)=O)c3ccccc3c2-c2ccc(-c3ccccc3)cc2)C1.